The summed E-state index contributed by atoms with van der Waals surface area (Å²) in [5, 5.41) is 2.63. The Labute approximate surface area is 161 Å². The van der Waals surface area contributed by atoms with Crippen LogP contribution in [-0.2, 0) is 16.8 Å². The van der Waals surface area contributed by atoms with E-state index in [1.54, 1.807) is 19.1 Å². The second-order valence-corrected chi connectivity index (χ2v) is 6.95. The van der Waals surface area contributed by atoms with Crippen LogP contribution < -0.4 is 5.32 Å². The van der Waals surface area contributed by atoms with E-state index in [4.69, 9.17) is 0 Å². The number of carbonyl (C=O) groups is 3. The summed E-state index contributed by atoms with van der Waals surface area (Å²) in [6.45, 7) is 3.08. The summed E-state index contributed by atoms with van der Waals surface area (Å²) in [6, 6.07) is 9.36. The van der Waals surface area contributed by atoms with Gasteiger partial charge in [0.05, 0.1) is 6.54 Å². The molecule has 28 heavy (non-hydrogen) atoms. The Hall–Kier alpha value is -3.09. The van der Waals surface area contributed by atoms with Crippen LogP contribution >= 0.6 is 0 Å². The second kappa shape index (κ2) is 7.50. The van der Waals surface area contributed by atoms with Crippen LogP contribution in [0.3, 0.4) is 0 Å². The number of amides is 3. The van der Waals surface area contributed by atoms with Crippen LogP contribution in [0.1, 0.15) is 41.8 Å². The Kier molecular flexibility index (Phi) is 5.27. The first-order valence-corrected chi connectivity index (χ1v) is 8.98. The van der Waals surface area contributed by atoms with Crippen molar-refractivity contribution in [3.8, 4) is 0 Å². The molecule has 3 amide bonds. The molecule has 1 heterocycles. The first-order chi connectivity index (χ1) is 13.3. The largest absolute Gasteiger partial charge is 0.325 e. The van der Waals surface area contributed by atoms with Gasteiger partial charge < -0.3 is 5.32 Å². The number of carbonyl (C=O) groups excluding carboxylic acids is 3. The van der Waals surface area contributed by atoms with E-state index in [-0.39, 0.29) is 5.56 Å². The van der Waals surface area contributed by atoms with Crippen molar-refractivity contribution in [3.63, 3.8) is 0 Å². The lowest BCUT2D eigenvalue weighted by molar-refractivity contribution is -0.130. The van der Waals surface area contributed by atoms with E-state index < -0.39 is 41.4 Å². The van der Waals surface area contributed by atoms with Gasteiger partial charge in [-0.25, -0.2) is 13.6 Å². The minimum Gasteiger partial charge on any atom is -0.319 e. The molecule has 0 saturated carbocycles. The number of aryl methyl sites for hydroxylation is 1. The van der Waals surface area contributed by atoms with Gasteiger partial charge in [-0.3, -0.25) is 14.5 Å². The Morgan fingerprint density at radius 3 is 2.36 bits per heavy atom. The molecule has 7 heteroatoms. The van der Waals surface area contributed by atoms with Crippen molar-refractivity contribution in [3.05, 3.63) is 70.8 Å². The fraction of sp³-hybridized carbons (Fsp3) is 0.286. The number of benzene rings is 2. The lowest BCUT2D eigenvalue weighted by Gasteiger charge is -2.22. The molecular formula is C21H20F2N2O3. The van der Waals surface area contributed by atoms with Gasteiger partial charge in [-0.15, -0.1) is 0 Å². The van der Waals surface area contributed by atoms with E-state index in [2.05, 4.69) is 12.2 Å². The summed E-state index contributed by atoms with van der Waals surface area (Å²) in [5.41, 5.74) is 0.318. The molecule has 1 atom stereocenters. The van der Waals surface area contributed by atoms with Crippen LogP contribution in [0.2, 0.25) is 0 Å². The van der Waals surface area contributed by atoms with Crippen LogP contribution in [0.5, 0.6) is 0 Å². The van der Waals surface area contributed by atoms with Gasteiger partial charge in [-0.2, -0.15) is 0 Å². The molecule has 0 aliphatic carbocycles. The van der Waals surface area contributed by atoms with Gasteiger partial charge in [-0.05, 0) is 42.7 Å². The maximum absolute atomic E-state index is 13.4. The van der Waals surface area contributed by atoms with Gasteiger partial charge in [0.1, 0.15) is 5.54 Å². The lowest BCUT2D eigenvalue weighted by Crippen LogP contribution is -2.41. The molecule has 1 N–H and O–H groups in total. The molecule has 0 bridgehead atoms. The zero-order valence-electron chi connectivity index (χ0n) is 15.6. The van der Waals surface area contributed by atoms with Crippen molar-refractivity contribution >= 4 is 17.7 Å². The number of halogens is 2. The summed E-state index contributed by atoms with van der Waals surface area (Å²) in [4.78, 5) is 38.4. The Balaban J connectivity index is 1.80. The highest BCUT2D eigenvalue weighted by atomic mass is 19.2. The Morgan fingerprint density at radius 1 is 1.07 bits per heavy atom. The normalized spacial score (nSPS) is 19.1. The fourth-order valence-electron chi connectivity index (χ4n) is 3.23. The first-order valence-electron chi connectivity index (χ1n) is 8.98. The summed E-state index contributed by atoms with van der Waals surface area (Å²) in [7, 11) is 0. The van der Waals surface area contributed by atoms with E-state index in [1.807, 2.05) is 12.1 Å². The average molecular weight is 386 g/mol. The number of nitrogens with one attached hydrogen (secondary N) is 1. The van der Waals surface area contributed by atoms with Gasteiger partial charge in [0, 0.05) is 5.56 Å². The molecule has 0 spiro atoms. The fourth-order valence-corrected chi connectivity index (χ4v) is 3.23. The van der Waals surface area contributed by atoms with Crippen LogP contribution in [0.25, 0.3) is 0 Å². The van der Waals surface area contributed by atoms with Crippen molar-refractivity contribution in [1.29, 1.82) is 0 Å². The highest BCUT2D eigenvalue weighted by molar-refractivity contribution is 6.11. The van der Waals surface area contributed by atoms with Gasteiger partial charge in [0.25, 0.3) is 5.91 Å². The van der Waals surface area contributed by atoms with Crippen molar-refractivity contribution < 1.29 is 23.2 Å². The number of ketones is 1. The smallest absolute Gasteiger partial charge is 0.319 e. The summed E-state index contributed by atoms with van der Waals surface area (Å²) in [6.07, 6.45) is 1.90. The van der Waals surface area contributed by atoms with Crippen molar-refractivity contribution in [2.75, 3.05) is 6.54 Å². The summed E-state index contributed by atoms with van der Waals surface area (Å²) < 4.78 is 26.4. The predicted molar refractivity (Wildman–Crippen MR) is 98.7 cm³/mol. The van der Waals surface area contributed by atoms with E-state index in [0.717, 1.165) is 41.5 Å². The molecule has 0 radical (unpaired) electrons. The summed E-state index contributed by atoms with van der Waals surface area (Å²) >= 11 is 0. The SMILES string of the molecule is CCCc1ccc([C@@]2(C)NC(=O)N(CC(=O)c3ccc(F)c(F)c3)C2=O)cc1. The molecular weight excluding hydrogens is 366 g/mol. The van der Waals surface area contributed by atoms with Crippen molar-refractivity contribution in [1.82, 2.24) is 10.2 Å². The molecule has 146 valence electrons. The van der Waals surface area contributed by atoms with Gasteiger partial charge in [-0.1, -0.05) is 37.6 Å². The number of urea groups is 1. The van der Waals surface area contributed by atoms with Crippen LogP contribution in [0, 0.1) is 11.6 Å². The number of hydrogen-bond donors (Lipinski definition) is 1. The van der Waals surface area contributed by atoms with Gasteiger partial charge >= 0.3 is 6.03 Å². The second-order valence-electron chi connectivity index (χ2n) is 6.95. The lowest BCUT2D eigenvalue weighted by atomic mass is 9.91. The zero-order valence-corrected chi connectivity index (χ0v) is 15.6. The minimum absolute atomic E-state index is 0.114. The third-order valence-electron chi connectivity index (χ3n) is 4.89. The maximum atomic E-state index is 13.4. The summed E-state index contributed by atoms with van der Waals surface area (Å²) in [5.74, 6) is -3.48. The molecule has 1 aliphatic heterocycles. The highest BCUT2D eigenvalue weighted by Crippen LogP contribution is 2.29. The quantitative estimate of drug-likeness (QED) is 0.610. The minimum atomic E-state index is -1.30. The molecule has 3 rings (SSSR count). The molecule has 1 saturated heterocycles. The predicted octanol–water partition coefficient (Wildman–Crippen LogP) is 3.57. The standard InChI is InChI=1S/C21H20F2N2O3/c1-3-4-13-5-8-15(9-6-13)21(2)19(27)25(20(28)24-21)12-18(26)14-7-10-16(22)17(23)11-14/h5-11H,3-4,12H2,1-2H3,(H,24,28)/t21-/m1/s1. The maximum Gasteiger partial charge on any atom is 0.325 e. The third kappa shape index (κ3) is 3.52. The van der Waals surface area contributed by atoms with E-state index in [0.29, 0.717) is 5.56 Å². The molecule has 0 aromatic heterocycles. The average Bonchev–Trinajstić information content (AvgIpc) is 2.88. The number of imide groups is 1. The topological polar surface area (TPSA) is 66.5 Å². The molecule has 2 aromatic carbocycles. The van der Waals surface area contributed by atoms with E-state index in [1.165, 1.54) is 0 Å². The van der Waals surface area contributed by atoms with Crippen LogP contribution in [0.4, 0.5) is 13.6 Å². The van der Waals surface area contributed by atoms with Crippen LogP contribution in [-0.4, -0.2) is 29.2 Å². The molecule has 0 unspecified atom stereocenters. The Morgan fingerprint density at radius 2 is 1.75 bits per heavy atom. The Bertz CT molecular complexity index is 943. The molecule has 5 nitrogen and oxygen atoms in total. The molecule has 2 aromatic rings. The first kappa shape index (κ1) is 19.7. The highest BCUT2D eigenvalue weighted by Gasteiger charge is 2.49. The number of Topliss-reactive ketones (excluding diaryl/α,β-unsaturated/α-hetero) is 1. The monoisotopic (exact) mass is 386 g/mol. The number of rotatable bonds is 6. The number of nitrogens with zero attached hydrogens (tertiary/aromatic N) is 1. The number of hydrogen-bond acceptors (Lipinski definition) is 3. The zero-order chi connectivity index (χ0) is 20.5. The third-order valence-corrected chi connectivity index (χ3v) is 4.89. The van der Waals surface area contributed by atoms with Gasteiger partial charge in [0.15, 0.2) is 17.4 Å². The van der Waals surface area contributed by atoms with Crippen molar-refractivity contribution in [2.45, 2.75) is 32.2 Å². The van der Waals surface area contributed by atoms with E-state index in [9.17, 15) is 23.2 Å². The molecule has 1 aliphatic rings. The van der Waals surface area contributed by atoms with E-state index >= 15 is 0 Å². The molecule has 1 fully saturated rings. The van der Waals surface area contributed by atoms with Gasteiger partial charge in [0.2, 0.25) is 0 Å². The van der Waals surface area contributed by atoms with Crippen molar-refractivity contribution in [2.24, 2.45) is 0 Å². The van der Waals surface area contributed by atoms with Crippen LogP contribution in [0.15, 0.2) is 42.5 Å².